The Bertz CT molecular complexity index is 964. The van der Waals surface area contributed by atoms with Crippen molar-refractivity contribution in [2.45, 2.75) is 37.8 Å². The van der Waals surface area contributed by atoms with E-state index in [0.717, 1.165) is 60.3 Å². The molecular formula is C23H26N4OS. The van der Waals surface area contributed by atoms with Crippen LogP contribution in [0.5, 0.6) is 0 Å². The van der Waals surface area contributed by atoms with Gasteiger partial charge in [0.2, 0.25) is 5.91 Å². The van der Waals surface area contributed by atoms with Crippen molar-refractivity contribution in [2.24, 2.45) is 0 Å². The number of aryl methyl sites for hydroxylation is 1. The zero-order valence-electron chi connectivity index (χ0n) is 16.8. The highest BCUT2D eigenvalue weighted by molar-refractivity contribution is 7.99. The lowest BCUT2D eigenvalue weighted by atomic mass is 10.2. The average molecular weight is 407 g/mol. The summed E-state index contributed by atoms with van der Waals surface area (Å²) in [6, 6.07) is 18.5. The SMILES string of the molecule is Cc1cccc(-n2c(SCCCC(=O)N3CCCC3)nnc2-c2ccccc2)c1. The lowest BCUT2D eigenvalue weighted by molar-refractivity contribution is -0.130. The molecule has 1 amide bonds. The molecule has 29 heavy (non-hydrogen) atoms. The predicted molar refractivity (Wildman–Crippen MR) is 117 cm³/mol. The molecule has 150 valence electrons. The monoisotopic (exact) mass is 406 g/mol. The first-order valence-electron chi connectivity index (χ1n) is 10.2. The zero-order chi connectivity index (χ0) is 20.1. The fourth-order valence-electron chi connectivity index (χ4n) is 3.65. The van der Waals surface area contributed by atoms with Crippen molar-refractivity contribution >= 4 is 17.7 Å². The number of hydrogen-bond acceptors (Lipinski definition) is 4. The van der Waals surface area contributed by atoms with E-state index in [-0.39, 0.29) is 5.91 Å². The second-order valence-electron chi connectivity index (χ2n) is 7.39. The highest BCUT2D eigenvalue weighted by Gasteiger charge is 2.18. The summed E-state index contributed by atoms with van der Waals surface area (Å²) in [5.74, 6) is 1.97. The average Bonchev–Trinajstić information content (AvgIpc) is 3.42. The van der Waals surface area contributed by atoms with Crippen LogP contribution in [0.15, 0.2) is 59.8 Å². The largest absolute Gasteiger partial charge is 0.343 e. The molecule has 0 unspecified atom stereocenters. The van der Waals surface area contributed by atoms with Gasteiger partial charge in [0.1, 0.15) is 0 Å². The van der Waals surface area contributed by atoms with Crippen LogP contribution in [0.1, 0.15) is 31.2 Å². The van der Waals surface area contributed by atoms with Gasteiger partial charge in [-0.05, 0) is 43.9 Å². The molecule has 1 saturated heterocycles. The van der Waals surface area contributed by atoms with Crippen LogP contribution in [-0.4, -0.2) is 44.4 Å². The molecule has 0 N–H and O–H groups in total. The summed E-state index contributed by atoms with van der Waals surface area (Å²) in [7, 11) is 0. The molecule has 0 aliphatic carbocycles. The molecule has 1 aliphatic heterocycles. The molecule has 3 aromatic rings. The highest BCUT2D eigenvalue weighted by Crippen LogP contribution is 2.28. The van der Waals surface area contributed by atoms with Crippen LogP contribution >= 0.6 is 11.8 Å². The van der Waals surface area contributed by atoms with Crippen molar-refractivity contribution in [2.75, 3.05) is 18.8 Å². The van der Waals surface area contributed by atoms with Gasteiger partial charge < -0.3 is 4.90 Å². The zero-order valence-corrected chi connectivity index (χ0v) is 17.6. The molecule has 4 rings (SSSR count). The van der Waals surface area contributed by atoms with Crippen molar-refractivity contribution in [3.8, 4) is 17.1 Å². The van der Waals surface area contributed by atoms with Gasteiger partial charge in [-0.15, -0.1) is 10.2 Å². The molecule has 0 saturated carbocycles. The Morgan fingerprint density at radius 1 is 1.03 bits per heavy atom. The van der Waals surface area contributed by atoms with Crippen LogP contribution in [-0.2, 0) is 4.79 Å². The number of nitrogens with zero attached hydrogens (tertiary/aromatic N) is 4. The summed E-state index contributed by atoms with van der Waals surface area (Å²) < 4.78 is 2.12. The van der Waals surface area contributed by atoms with Crippen molar-refractivity contribution in [3.05, 3.63) is 60.2 Å². The van der Waals surface area contributed by atoms with Gasteiger partial charge in [0, 0.05) is 36.5 Å². The number of amides is 1. The third-order valence-electron chi connectivity index (χ3n) is 5.15. The lowest BCUT2D eigenvalue weighted by Gasteiger charge is -2.15. The van der Waals surface area contributed by atoms with Crippen molar-refractivity contribution < 1.29 is 4.79 Å². The molecule has 0 radical (unpaired) electrons. The van der Waals surface area contributed by atoms with Gasteiger partial charge in [-0.25, -0.2) is 0 Å². The van der Waals surface area contributed by atoms with E-state index < -0.39 is 0 Å². The van der Waals surface area contributed by atoms with Crippen LogP contribution < -0.4 is 0 Å². The quantitative estimate of drug-likeness (QED) is 0.420. The molecule has 5 nitrogen and oxygen atoms in total. The summed E-state index contributed by atoms with van der Waals surface area (Å²) in [4.78, 5) is 14.2. The molecule has 1 aromatic heterocycles. The number of aromatic nitrogens is 3. The van der Waals surface area contributed by atoms with Crippen molar-refractivity contribution in [1.82, 2.24) is 19.7 Å². The molecule has 0 spiro atoms. The first kappa shape index (κ1) is 19.7. The van der Waals surface area contributed by atoms with Crippen LogP contribution in [0.4, 0.5) is 0 Å². The standard InChI is InChI=1S/C23H26N4OS/c1-18-9-7-12-20(17-18)27-22(19-10-3-2-4-11-19)24-25-23(27)29-16-8-13-21(28)26-14-5-6-15-26/h2-4,7,9-12,17H,5-6,8,13-16H2,1H3. The number of rotatable bonds is 7. The van der Waals surface area contributed by atoms with Crippen molar-refractivity contribution in [3.63, 3.8) is 0 Å². The summed E-state index contributed by atoms with van der Waals surface area (Å²) in [5.41, 5.74) is 3.30. The number of carbonyl (C=O) groups excluding carboxylic acids is 1. The van der Waals surface area contributed by atoms with E-state index in [1.165, 1.54) is 5.56 Å². The maximum atomic E-state index is 12.3. The summed E-state index contributed by atoms with van der Waals surface area (Å²) >= 11 is 1.67. The van der Waals surface area contributed by atoms with Gasteiger partial charge in [0.05, 0.1) is 0 Å². The van der Waals surface area contributed by atoms with E-state index in [1.807, 2.05) is 23.1 Å². The summed E-state index contributed by atoms with van der Waals surface area (Å²) in [6.45, 7) is 3.94. The van der Waals surface area contributed by atoms with E-state index >= 15 is 0 Å². The minimum absolute atomic E-state index is 0.285. The summed E-state index contributed by atoms with van der Waals surface area (Å²) in [5, 5.41) is 9.82. The third-order valence-corrected chi connectivity index (χ3v) is 6.17. The molecule has 2 aromatic carbocycles. The molecule has 6 heteroatoms. The minimum Gasteiger partial charge on any atom is -0.343 e. The fourth-order valence-corrected chi connectivity index (χ4v) is 4.54. The Kier molecular flexibility index (Phi) is 6.30. The molecule has 2 heterocycles. The number of hydrogen-bond donors (Lipinski definition) is 0. The van der Waals surface area contributed by atoms with Gasteiger partial charge in [-0.3, -0.25) is 9.36 Å². The van der Waals surface area contributed by atoms with Gasteiger partial charge in [0.25, 0.3) is 0 Å². The van der Waals surface area contributed by atoms with Gasteiger partial charge in [-0.1, -0.05) is 54.2 Å². The van der Waals surface area contributed by atoms with Gasteiger partial charge >= 0.3 is 0 Å². The Labute approximate surface area is 176 Å². The Balaban J connectivity index is 1.50. The maximum Gasteiger partial charge on any atom is 0.222 e. The van der Waals surface area contributed by atoms with E-state index in [0.29, 0.717) is 6.42 Å². The third kappa shape index (κ3) is 4.70. The number of thioether (sulfide) groups is 1. The molecular weight excluding hydrogens is 380 g/mol. The molecule has 0 bridgehead atoms. The van der Waals surface area contributed by atoms with E-state index in [4.69, 9.17) is 0 Å². The Morgan fingerprint density at radius 2 is 1.83 bits per heavy atom. The first-order valence-corrected chi connectivity index (χ1v) is 11.2. The smallest absolute Gasteiger partial charge is 0.222 e. The number of benzene rings is 2. The second kappa shape index (κ2) is 9.27. The van der Waals surface area contributed by atoms with Gasteiger partial charge in [-0.2, -0.15) is 0 Å². The highest BCUT2D eigenvalue weighted by atomic mass is 32.2. The predicted octanol–water partition coefficient (Wildman–Crippen LogP) is 4.74. The molecule has 1 fully saturated rings. The number of carbonyl (C=O) groups is 1. The van der Waals surface area contributed by atoms with Crippen LogP contribution in [0.3, 0.4) is 0 Å². The van der Waals surface area contributed by atoms with Gasteiger partial charge in [0.15, 0.2) is 11.0 Å². The summed E-state index contributed by atoms with van der Waals surface area (Å²) in [6.07, 6.45) is 3.74. The Hall–Kier alpha value is -2.60. The normalized spacial score (nSPS) is 13.8. The van der Waals surface area contributed by atoms with E-state index in [2.05, 4.69) is 58.1 Å². The van der Waals surface area contributed by atoms with Crippen LogP contribution in [0, 0.1) is 6.92 Å². The lowest BCUT2D eigenvalue weighted by Crippen LogP contribution is -2.27. The number of likely N-dealkylation sites (tertiary alicyclic amines) is 1. The van der Waals surface area contributed by atoms with E-state index in [1.54, 1.807) is 11.8 Å². The maximum absolute atomic E-state index is 12.3. The first-order chi connectivity index (χ1) is 14.2. The van der Waals surface area contributed by atoms with Crippen LogP contribution in [0.2, 0.25) is 0 Å². The van der Waals surface area contributed by atoms with Crippen LogP contribution in [0.25, 0.3) is 17.1 Å². The second-order valence-corrected chi connectivity index (χ2v) is 8.45. The minimum atomic E-state index is 0.285. The topological polar surface area (TPSA) is 51.0 Å². The molecule has 1 aliphatic rings. The molecule has 0 atom stereocenters. The Morgan fingerprint density at radius 3 is 2.59 bits per heavy atom. The van der Waals surface area contributed by atoms with E-state index in [9.17, 15) is 4.79 Å². The fraction of sp³-hybridized carbons (Fsp3) is 0.348. The van der Waals surface area contributed by atoms with Crippen molar-refractivity contribution in [1.29, 1.82) is 0 Å².